The number of hydrogen-bond donors (Lipinski definition) is 0. The third-order valence-corrected chi connectivity index (χ3v) is 15.3. The molecule has 4 aliphatic carbocycles. The summed E-state index contributed by atoms with van der Waals surface area (Å²) in [4.78, 5) is 69.0. The number of furan rings is 1. The van der Waals surface area contributed by atoms with Crippen LogP contribution in [0.4, 0.5) is 0 Å². The molecule has 8 aliphatic rings. The third-order valence-electron chi connectivity index (χ3n) is 15.3. The number of rotatable bonds is 7. The molecular formula is C38H46O15. The summed E-state index contributed by atoms with van der Waals surface area (Å²) in [7, 11) is 1.30. The first kappa shape index (κ1) is 35.2. The van der Waals surface area contributed by atoms with Gasteiger partial charge in [-0.1, -0.05) is 20.8 Å². The molecule has 1 aromatic heterocycles. The van der Waals surface area contributed by atoms with Crippen LogP contribution in [0.3, 0.4) is 0 Å². The highest BCUT2D eigenvalue weighted by molar-refractivity contribution is 5.83. The standard InChI is InChI=1S/C38H46O15/c1-18-32(6,49-18)29(43)48-27-31(5)17-36-33(7,22(31)14-24(41)44-9)35-12-11-30(4)23(15-25(42)47-26(30)21-10-13-45-16-21)37(35,53-34(8,51-35)52-36)28(46-19(2)39)38(27,36)50-20(3)40/h10,13,16,18,22-23,26-28H,11-12,14-15,17H2,1-9H3/t18-,22-,23+,26-,27-,28-,30+,31-,32+,33-,34?,35-,36+,37+,38-/m0/s1. The maximum absolute atomic E-state index is 14.2. The first-order valence-electron chi connectivity index (χ1n) is 18.3. The zero-order chi connectivity index (χ0) is 38.2. The van der Waals surface area contributed by atoms with Crippen molar-refractivity contribution in [1.82, 2.24) is 0 Å². The molecule has 0 amide bonds. The summed E-state index contributed by atoms with van der Waals surface area (Å²) in [6.45, 7) is 13.2. The fourth-order valence-corrected chi connectivity index (χ4v) is 13.4. The van der Waals surface area contributed by atoms with E-state index in [1.165, 1.54) is 33.5 Å². The summed E-state index contributed by atoms with van der Waals surface area (Å²) in [6.07, 6.45) is -0.737. The first-order chi connectivity index (χ1) is 24.7. The van der Waals surface area contributed by atoms with Crippen LogP contribution in [-0.4, -0.2) is 89.2 Å². The van der Waals surface area contributed by atoms with Crippen LogP contribution in [-0.2, 0) is 66.6 Å². The van der Waals surface area contributed by atoms with Crippen molar-refractivity contribution in [2.45, 2.75) is 146 Å². The van der Waals surface area contributed by atoms with Gasteiger partial charge in [0.2, 0.25) is 5.60 Å². The Labute approximate surface area is 305 Å². The largest absolute Gasteiger partial charge is 0.472 e. The highest BCUT2D eigenvalue weighted by Crippen LogP contribution is 2.90. The molecule has 4 aliphatic heterocycles. The Balaban J connectivity index is 1.38. The van der Waals surface area contributed by atoms with Gasteiger partial charge in [0.25, 0.3) is 5.97 Å². The third kappa shape index (κ3) is 3.60. The van der Waals surface area contributed by atoms with Crippen LogP contribution < -0.4 is 0 Å². The number of esters is 5. The summed E-state index contributed by atoms with van der Waals surface area (Å²) >= 11 is 0. The van der Waals surface area contributed by atoms with E-state index in [1.807, 2.05) is 20.8 Å². The van der Waals surface area contributed by atoms with Gasteiger partial charge in [0.1, 0.15) is 22.9 Å². The lowest BCUT2D eigenvalue weighted by Gasteiger charge is -2.77. The van der Waals surface area contributed by atoms with E-state index in [-0.39, 0.29) is 25.7 Å². The zero-order valence-electron chi connectivity index (χ0n) is 31.4. The summed E-state index contributed by atoms with van der Waals surface area (Å²) in [6, 6.07) is 1.73. The second kappa shape index (κ2) is 10.0. The van der Waals surface area contributed by atoms with Gasteiger partial charge in [0, 0.05) is 54.9 Å². The van der Waals surface area contributed by atoms with E-state index in [4.69, 9.17) is 47.0 Å². The van der Waals surface area contributed by atoms with Crippen molar-refractivity contribution in [1.29, 1.82) is 0 Å². The van der Waals surface area contributed by atoms with Crippen molar-refractivity contribution in [3.05, 3.63) is 24.2 Å². The monoisotopic (exact) mass is 742 g/mol. The smallest absolute Gasteiger partial charge is 0.341 e. The predicted octanol–water partition coefficient (Wildman–Crippen LogP) is 3.60. The van der Waals surface area contributed by atoms with Gasteiger partial charge in [-0.2, -0.15) is 0 Å². The van der Waals surface area contributed by atoms with Crippen LogP contribution in [0.15, 0.2) is 23.0 Å². The van der Waals surface area contributed by atoms with Crippen molar-refractivity contribution >= 4 is 29.8 Å². The molecule has 0 N–H and O–H groups in total. The normalized spacial score (nSPS) is 53.3. The van der Waals surface area contributed by atoms with E-state index in [0.29, 0.717) is 12.0 Å². The first-order valence-corrected chi connectivity index (χ1v) is 18.3. The maximum atomic E-state index is 14.2. The minimum Gasteiger partial charge on any atom is -0.472 e. The fraction of sp³-hybridized carbons (Fsp3) is 0.763. The maximum Gasteiger partial charge on any atom is 0.341 e. The molecule has 0 aromatic carbocycles. The Bertz CT molecular complexity index is 1860. The Morgan fingerprint density at radius 2 is 1.60 bits per heavy atom. The molecule has 4 bridgehead atoms. The number of hydrogen-bond acceptors (Lipinski definition) is 15. The Kier molecular flexibility index (Phi) is 6.64. The van der Waals surface area contributed by atoms with E-state index in [2.05, 4.69) is 0 Å². The topological polar surface area (TPSA) is 185 Å². The molecule has 8 fully saturated rings. The molecule has 15 nitrogen and oxygen atoms in total. The van der Waals surface area contributed by atoms with Crippen molar-refractivity contribution in [2.24, 2.45) is 28.1 Å². The minimum atomic E-state index is -2.08. The van der Waals surface area contributed by atoms with Crippen LogP contribution in [0.1, 0.15) is 99.2 Å². The molecule has 5 heterocycles. The Morgan fingerprint density at radius 1 is 0.906 bits per heavy atom. The molecule has 2 spiro atoms. The SMILES string of the molecule is COC(=O)C[C@H]1[C@]2(C)C[C@@]34OC5(C)O[C@]6([C@@H]7CC(=O)O[C@@H](c8ccoc8)[C@]7(C)CC[C@]6(O5)[C@]13C)[C@H](OC(C)=O)[C@@]4(OC(C)=O)[C@H]2OC(=O)[C@]1(C)O[C@H]1C. The van der Waals surface area contributed by atoms with Crippen LogP contribution in [0, 0.1) is 28.1 Å². The predicted molar refractivity (Wildman–Crippen MR) is 173 cm³/mol. The van der Waals surface area contributed by atoms with Crippen LogP contribution >= 0.6 is 0 Å². The number of ether oxygens (including phenoxy) is 9. The number of cyclic esters (lactones) is 1. The summed E-state index contributed by atoms with van der Waals surface area (Å²) < 4.78 is 63.9. The number of epoxide rings is 1. The Morgan fingerprint density at radius 3 is 2.21 bits per heavy atom. The van der Waals surface area contributed by atoms with Gasteiger partial charge in [0.05, 0.1) is 32.2 Å². The molecule has 1 aromatic rings. The number of methoxy groups -OCH3 is 1. The van der Waals surface area contributed by atoms with Gasteiger partial charge >= 0.3 is 29.8 Å². The molecule has 4 saturated carbocycles. The molecular weight excluding hydrogens is 696 g/mol. The zero-order valence-corrected chi connectivity index (χ0v) is 31.4. The van der Waals surface area contributed by atoms with E-state index in [9.17, 15) is 24.0 Å². The summed E-state index contributed by atoms with van der Waals surface area (Å²) in [5.74, 6) is -6.67. The van der Waals surface area contributed by atoms with Gasteiger partial charge in [-0.3, -0.25) is 19.2 Å². The summed E-state index contributed by atoms with van der Waals surface area (Å²) in [5, 5.41) is 0. The lowest BCUT2D eigenvalue weighted by atomic mass is 9.33. The lowest BCUT2D eigenvalue weighted by molar-refractivity contribution is -0.477. The van der Waals surface area contributed by atoms with E-state index < -0.39 is 116 Å². The lowest BCUT2D eigenvalue weighted by Crippen LogP contribution is -2.94. The molecule has 53 heavy (non-hydrogen) atoms. The molecule has 0 radical (unpaired) electrons. The van der Waals surface area contributed by atoms with Crippen LogP contribution in [0.2, 0.25) is 0 Å². The number of carbonyl (C=O) groups excluding carboxylic acids is 5. The van der Waals surface area contributed by atoms with Gasteiger partial charge in [0.15, 0.2) is 17.8 Å². The second-order valence-corrected chi connectivity index (χ2v) is 17.6. The van der Waals surface area contributed by atoms with Crippen molar-refractivity contribution in [2.75, 3.05) is 7.11 Å². The van der Waals surface area contributed by atoms with Crippen molar-refractivity contribution in [3.63, 3.8) is 0 Å². The van der Waals surface area contributed by atoms with E-state index in [1.54, 1.807) is 26.8 Å². The van der Waals surface area contributed by atoms with Crippen LogP contribution in [0.5, 0.6) is 0 Å². The molecule has 15 heteroatoms. The Hall–Kier alpha value is -3.53. The molecule has 9 rings (SSSR count). The van der Waals surface area contributed by atoms with Gasteiger partial charge in [-0.15, -0.1) is 0 Å². The average Bonchev–Trinajstić information content (AvgIpc) is 3.40. The number of fused-ring (bicyclic) bond motifs is 3. The summed E-state index contributed by atoms with van der Waals surface area (Å²) in [5.41, 5.74) is -11.0. The minimum absolute atomic E-state index is 0.0933. The fourth-order valence-electron chi connectivity index (χ4n) is 13.4. The molecule has 1 unspecified atom stereocenters. The van der Waals surface area contributed by atoms with Gasteiger partial charge < -0.3 is 47.0 Å². The average molecular weight is 743 g/mol. The van der Waals surface area contributed by atoms with Crippen molar-refractivity contribution in [3.8, 4) is 0 Å². The van der Waals surface area contributed by atoms with Crippen LogP contribution in [0.25, 0.3) is 0 Å². The second-order valence-electron chi connectivity index (χ2n) is 17.6. The molecule has 15 atom stereocenters. The quantitative estimate of drug-likeness (QED) is 0.224. The van der Waals surface area contributed by atoms with Gasteiger partial charge in [-0.05, 0) is 45.1 Å². The van der Waals surface area contributed by atoms with Gasteiger partial charge in [-0.25, -0.2) is 4.79 Å². The highest BCUT2D eigenvalue weighted by Gasteiger charge is 3.05. The molecule has 288 valence electrons. The van der Waals surface area contributed by atoms with Crippen molar-refractivity contribution < 1.29 is 71.0 Å². The number of carbonyl (C=O) groups is 5. The molecule has 4 saturated heterocycles. The van der Waals surface area contributed by atoms with E-state index >= 15 is 0 Å². The highest BCUT2D eigenvalue weighted by atomic mass is 16.9. The van der Waals surface area contributed by atoms with E-state index in [0.717, 1.165) is 0 Å².